The Labute approximate surface area is 146 Å². The first kappa shape index (κ1) is 15.9. The number of amides is 1. The molecule has 4 rings (SSSR count). The molecule has 0 saturated carbocycles. The third-order valence-electron chi connectivity index (χ3n) is 5.31. The molecule has 0 spiro atoms. The highest BCUT2D eigenvalue weighted by atomic mass is 16.5. The summed E-state index contributed by atoms with van der Waals surface area (Å²) >= 11 is 0. The smallest absolute Gasteiger partial charge is 0.318 e. The van der Waals surface area contributed by atoms with Gasteiger partial charge in [0.1, 0.15) is 5.75 Å². The van der Waals surface area contributed by atoms with E-state index in [-0.39, 0.29) is 11.9 Å². The summed E-state index contributed by atoms with van der Waals surface area (Å²) in [6.07, 6.45) is 0. The van der Waals surface area contributed by atoms with E-state index in [1.54, 1.807) is 21.0 Å². The first-order valence-electron chi connectivity index (χ1n) is 8.53. The number of ether oxygens (including phenoxy) is 1. The van der Waals surface area contributed by atoms with E-state index in [0.717, 1.165) is 30.9 Å². The van der Waals surface area contributed by atoms with Crippen LogP contribution < -0.4 is 9.64 Å². The summed E-state index contributed by atoms with van der Waals surface area (Å²) in [6.45, 7) is 5.86. The van der Waals surface area contributed by atoms with Crippen LogP contribution in [-0.4, -0.2) is 47.7 Å². The fourth-order valence-electron chi connectivity index (χ4n) is 4.17. The minimum Gasteiger partial charge on any atom is -0.497 e. The monoisotopic (exact) mass is 342 g/mol. The number of aromatic nitrogens is 2. The predicted molar refractivity (Wildman–Crippen MR) is 91.4 cm³/mol. The number of likely N-dealkylation sites (tertiary alicyclic amines) is 1. The SMILES string of the molecule is COc1ccc([C@H]2[C@@H]3CN(c4nnc(C)o4)C[C@@H]3CN2C(C)=O)cc1. The molecule has 0 unspecified atom stereocenters. The van der Waals surface area contributed by atoms with Crippen molar-refractivity contribution in [3.63, 3.8) is 0 Å². The van der Waals surface area contributed by atoms with Crippen LogP contribution in [-0.2, 0) is 4.79 Å². The van der Waals surface area contributed by atoms with Crippen molar-refractivity contribution in [2.75, 3.05) is 31.6 Å². The van der Waals surface area contributed by atoms with Gasteiger partial charge >= 0.3 is 6.01 Å². The first-order chi connectivity index (χ1) is 12.1. The van der Waals surface area contributed by atoms with E-state index in [2.05, 4.69) is 27.2 Å². The molecule has 2 fully saturated rings. The fourth-order valence-corrected chi connectivity index (χ4v) is 4.17. The van der Waals surface area contributed by atoms with E-state index in [1.807, 2.05) is 17.0 Å². The maximum absolute atomic E-state index is 12.2. The molecule has 1 aromatic heterocycles. The van der Waals surface area contributed by atoms with E-state index in [9.17, 15) is 4.79 Å². The average molecular weight is 342 g/mol. The lowest BCUT2D eigenvalue weighted by Crippen LogP contribution is -2.34. The van der Waals surface area contributed by atoms with Gasteiger partial charge in [-0.05, 0) is 17.7 Å². The Morgan fingerprint density at radius 2 is 1.96 bits per heavy atom. The van der Waals surface area contributed by atoms with Crippen molar-refractivity contribution in [2.24, 2.45) is 11.8 Å². The molecular formula is C18H22N4O3. The van der Waals surface area contributed by atoms with Crippen molar-refractivity contribution in [3.05, 3.63) is 35.7 Å². The quantitative estimate of drug-likeness (QED) is 0.850. The molecular weight excluding hydrogens is 320 g/mol. The van der Waals surface area contributed by atoms with Crippen LogP contribution in [0, 0.1) is 18.8 Å². The number of anilines is 1. The van der Waals surface area contributed by atoms with Crippen LogP contribution in [0.2, 0.25) is 0 Å². The van der Waals surface area contributed by atoms with Gasteiger partial charge in [0.25, 0.3) is 0 Å². The fraction of sp³-hybridized carbons (Fsp3) is 0.500. The molecule has 7 heteroatoms. The molecule has 0 bridgehead atoms. The Bertz CT molecular complexity index is 773. The summed E-state index contributed by atoms with van der Waals surface area (Å²) in [7, 11) is 1.66. The lowest BCUT2D eigenvalue weighted by molar-refractivity contribution is -0.130. The highest BCUT2D eigenvalue weighted by Gasteiger charge is 2.49. The summed E-state index contributed by atoms with van der Waals surface area (Å²) in [5, 5.41) is 8.07. The van der Waals surface area contributed by atoms with Gasteiger partial charge in [-0.25, -0.2) is 0 Å². The second-order valence-corrected chi connectivity index (χ2v) is 6.82. The standard InChI is InChI=1S/C18H22N4O3/c1-11-19-20-18(25-11)21-8-14-9-22(12(2)23)17(16(14)10-21)13-4-6-15(24-3)7-5-13/h4-7,14,16-17H,8-10H2,1-3H3/t14-,16-,17+/m1/s1. The van der Waals surface area contributed by atoms with Crippen LogP contribution in [0.4, 0.5) is 6.01 Å². The zero-order valence-corrected chi connectivity index (χ0v) is 14.7. The molecule has 3 atom stereocenters. The van der Waals surface area contributed by atoms with Crippen LogP contribution in [0.5, 0.6) is 5.75 Å². The van der Waals surface area contributed by atoms with Gasteiger partial charge in [-0.2, -0.15) is 0 Å². The molecule has 2 aliphatic rings. The molecule has 1 amide bonds. The van der Waals surface area contributed by atoms with Crippen molar-refractivity contribution in [2.45, 2.75) is 19.9 Å². The van der Waals surface area contributed by atoms with Gasteiger partial charge in [0, 0.05) is 45.3 Å². The number of methoxy groups -OCH3 is 1. The third kappa shape index (κ3) is 2.73. The molecule has 1 aromatic carbocycles. The minimum absolute atomic E-state index is 0.0717. The summed E-state index contributed by atoms with van der Waals surface area (Å²) in [5.41, 5.74) is 1.15. The summed E-state index contributed by atoms with van der Waals surface area (Å²) in [4.78, 5) is 16.3. The van der Waals surface area contributed by atoms with Crippen LogP contribution in [0.15, 0.2) is 28.7 Å². The molecule has 2 aliphatic heterocycles. The molecule has 2 aromatic rings. The lowest BCUT2D eigenvalue weighted by Gasteiger charge is -2.28. The number of carbonyl (C=O) groups excluding carboxylic acids is 1. The minimum atomic E-state index is 0.0717. The number of nitrogens with zero attached hydrogens (tertiary/aromatic N) is 4. The van der Waals surface area contributed by atoms with Gasteiger partial charge in [0.05, 0.1) is 13.2 Å². The third-order valence-corrected chi connectivity index (χ3v) is 5.31. The molecule has 0 radical (unpaired) electrons. The van der Waals surface area contributed by atoms with Crippen LogP contribution in [0.25, 0.3) is 0 Å². The van der Waals surface area contributed by atoms with Gasteiger partial charge in [-0.15, -0.1) is 5.10 Å². The van der Waals surface area contributed by atoms with E-state index in [1.165, 1.54) is 0 Å². The van der Waals surface area contributed by atoms with Gasteiger partial charge in [0.15, 0.2) is 0 Å². The Hall–Kier alpha value is -2.57. The maximum Gasteiger partial charge on any atom is 0.318 e. The summed E-state index contributed by atoms with van der Waals surface area (Å²) in [6, 6.07) is 8.67. The number of aryl methyl sites for hydroxylation is 1. The Balaban J connectivity index is 1.61. The van der Waals surface area contributed by atoms with E-state index < -0.39 is 0 Å². The van der Waals surface area contributed by atoms with Crippen LogP contribution in [0.1, 0.15) is 24.4 Å². The Morgan fingerprint density at radius 1 is 1.20 bits per heavy atom. The number of hydrogen-bond acceptors (Lipinski definition) is 6. The van der Waals surface area contributed by atoms with Gasteiger partial charge < -0.3 is 19.0 Å². The Morgan fingerprint density at radius 3 is 2.56 bits per heavy atom. The zero-order chi connectivity index (χ0) is 17.6. The van der Waals surface area contributed by atoms with Crippen LogP contribution >= 0.6 is 0 Å². The van der Waals surface area contributed by atoms with Gasteiger partial charge in [0.2, 0.25) is 11.8 Å². The van der Waals surface area contributed by atoms with E-state index >= 15 is 0 Å². The largest absolute Gasteiger partial charge is 0.497 e. The lowest BCUT2D eigenvalue weighted by atomic mass is 9.89. The number of benzene rings is 1. The second kappa shape index (κ2) is 6.06. The number of hydrogen-bond donors (Lipinski definition) is 0. The van der Waals surface area contributed by atoms with Crippen molar-refractivity contribution < 1.29 is 13.9 Å². The van der Waals surface area contributed by atoms with Crippen molar-refractivity contribution >= 4 is 11.9 Å². The highest BCUT2D eigenvalue weighted by Crippen LogP contribution is 2.45. The molecule has 0 aliphatic carbocycles. The molecule has 3 heterocycles. The number of carbonyl (C=O) groups is 1. The maximum atomic E-state index is 12.2. The van der Waals surface area contributed by atoms with E-state index in [4.69, 9.17) is 9.15 Å². The predicted octanol–water partition coefficient (Wildman–Crippen LogP) is 2.04. The van der Waals surface area contributed by atoms with Crippen molar-refractivity contribution in [1.29, 1.82) is 0 Å². The molecule has 132 valence electrons. The Kier molecular flexibility index (Phi) is 3.86. The van der Waals surface area contributed by atoms with Crippen LogP contribution in [0.3, 0.4) is 0 Å². The highest BCUT2D eigenvalue weighted by molar-refractivity contribution is 5.74. The van der Waals surface area contributed by atoms with Gasteiger partial charge in [-0.1, -0.05) is 17.2 Å². The molecule has 7 nitrogen and oxygen atoms in total. The molecule has 2 saturated heterocycles. The normalized spacial score (nSPS) is 25.3. The van der Waals surface area contributed by atoms with E-state index in [0.29, 0.717) is 23.7 Å². The summed E-state index contributed by atoms with van der Waals surface area (Å²) in [5.74, 6) is 2.27. The first-order valence-corrected chi connectivity index (χ1v) is 8.53. The number of fused-ring (bicyclic) bond motifs is 1. The zero-order valence-electron chi connectivity index (χ0n) is 14.7. The number of rotatable bonds is 3. The second-order valence-electron chi connectivity index (χ2n) is 6.82. The van der Waals surface area contributed by atoms with Crippen molar-refractivity contribution in [1.82, 2.24) is 15.1 Å². The molecule has 0 N–H and O–H groups in total. The topological polar surface area (TPSA) is 71.7 Å². The van der Waals surface area contributed by atoms with Gasteiger partial charge in [-0.3, -0.25) is 4.79 Å². The summed E-state index contributed by atoms with van der Waals surface area (Å²) < 4.78 is 10.8. The van der Waals surface area contributed by atoms with Crippen molar-refractivity contribution in [3.8, 4) is 5.75 Å². The average Bonchev–Trinajstić information content (AvgIpc) is 3.28. The molecule has 25 heavy (non-hydrogen) atoms.